The lowest BCUT2D eigenvalue weighted by atomic mass is 10.1. The highest BCUT2D eigenvalue weighted by Gasteiger charge is 2.43. The Morgan fingerprint density at radius 3 is 2.61 bits per heavy atom. The lowest BCUT2D eigenvalue weighted by molar-refractivity contribution is -0.153. The fraction of sp³-hybridized carbons (Fsp3) is 0.381. The van der Waals surface area contributed by atoms with Crippen LogP contribution in [0.25, 0.3) is 0 Å². The van der Waals surface area contributed by atoms with Crippen LogP contribution in [0, 0.1) is 5.82 Å². The molecular weight excluding hydrogens is 363 g/mol. The maximum Gasteiger partial charge on any atom is 0.249 e. The molecule has 6 nitrogen and oxygen atoms in total. The van der Waals surface area contributed by atoms with E-state index in [1.807, 2.05) is 23.1 Å². The minimum atomic E-state index is -0.273. The van der Waals surface area contributed by atoms with Gasteiger partial charge in [-0.2, -0.15) is 0 Å². The van der Waals surface area contributed by atoms with Crippen LogP contribution in [0.3, 0.4) is 0 Å². The molecule has 146 valence electrons. The van der Waals surface area contributed by atoms with E-state index in [2.05, 4.69) is 4.90 Å². The molecule has 0 aromatic heterocycles. The Labute approximate surface area is 162 Å². The van der Waals surface area contributed by atoms with Crippen LogP contribution in [0.1, 0.15) is 11.1 Å². The summed E-state index contributed by atoms with van der Waals surface area (Å²) in [5, 5.41) is 0. The zero-order valence-corrected chi connectivity index (χ0v) is 15.3. The van der Waals surface area contributed by atoms with Crippen molar-refractivity contribution < 1.29 is 23.4 Å². The van der Waals surface area contributed by atoms with E-state index in [-0.39, 0.29) is 37.3 Å². The summed E-state index contributed by atoms with van der Waals surface area (Å²) in [4.78, 5) is 16.6. The van der Waals surface area contributed by atoms with E-state index in [1.54, 1.807) is 12.1 Å². The average Bonchev–Trinajstić information content (AvgIpc) is 3.32. The Morgan fingerprint density at radius 1 is 0.964 bits per heavy atom. The minimum Gasteiger partial charge on any atom is -0.454 e. The summed E-state index contributed by atoms with van der Waals surface area (Å²) in [5.74, 6) is 1.26. The van der Waals surface area contributed by atoms with Gasteiger partial charge in [-0.3, -0.25) is 9.69 Å². The van der Waals surface area contributed by atoms with Crippen LogP contribution < -0.4 is 9.47 Å². The molecule has 2 saturated heterocycles. The summed E-state index contributed by atoms with van der Waals surface area (Å²) < 4.78 is 29.8. The van der Waals surface area contributed by atoms with Gasteiger partial charge in [0.25, 0.3) is 0 Å². The highest BCUT2D eigenvalue weighted by molar-refractivity contribution is 5.78. The largest absolute Gasteiger partial charge is 0.454 e. The fourth-order valence-electron chi connectivity index (χ4n) is 4.16. The number of carbonyl (C=O) groups excluding carboxylic acids is 1. The summed E-state index contributed by atoms with van der Waals surface area (Å²) in [6.45, 7) is 3.10. The Hall–Kier alpha value is -2.64. The second-order valence-electron chi connectivity index (χ2n) is 7.45. The molecule has 3 aliphatic heterocycles. The molecular formula is C21H21FN2O4. The second kappa shape index (κ2) is 7.07. The predicted molar refractivity (Wildman–Crippen MR) is 98.3 cm³/mol. The number of halogens is 1. The highest BCUT2D eigenvalue weighted by atomic mass is 19.1. The highest BCUT2D eigenvalue weighted by Crippen LogP contribution is 2.33. The topological polar surface area (TPSA) is 51.2 Å². The van der Waals surface area contributed by atoms with E-state index in [0.29, 0.717) is 6.54 Å². The van der Waals surface area contributed by atoms with Crippen molar-refractivity contribution in [1.29, 1.82) is 0 Å². The molecule has 2 fully saturated rings. The molecule has 5 rings (SSSR count). The summed E-state index contributed by atoms with van der Waals surface area (Å²) in [6.07, 6.45) is -0.00726. The van der Waals surface area contributed by atoms with Crippen molar-refractivity contribution in [3.63, 3.8) is 0 Å². The van der Waals surface area contributed by atoms with Crippen LogP contribution in [0.4, 0.5) is 4.39 Å². The number of hydrogen-bond donors (Lipinski definition) is 0. The molecule has 28 heavy (non-hydrogen) atoms. The normalized spacial score (nSPS) is 23.9. The number of nitrogens with zero attached hydrogens (tertiary/aromatic N) is 2. The first-order valence-corrected chi connectivity index (χ1v) is 9.42. The lowest BCUT2D eigenvalue weighted by Gasteiger charge is -2.36. The molecule has 0 aliphatic carbocycles. The molecule has 1 amide bonds. The van der Waals surface area contributed by atoms with Crippen molar-refractivity contribution in [2.24, 2.45) is 0 Å². The SMILES string of the molecule is O=C1COC2CN(Cc3ccc4c(c3)OCO4)CC2N1Cc1ccc(F)cc1. The van der Waals surface area contributed by atoms with Crippen LogP contribution in [0.15, 0.2) is 42.5 Å². The monoisotopic (exact) mass is 384 g/mol. The first kappa shape index (κ1) is 17.5. The predicted octanol–water partition coefficient (Wildman–Crippen LogP) is 2.17. The first-order chi connectivity index (χ1) is 13.7. The van der Waals surface area contributed by atoms with Crippen molar-refractivity contribution in [2.45, 2.75) is 25.2 Å². The van der Waals surface area contributed by atoms with Crippen molar-refractivity contribution in [3.05, 3.63) is 59.4 Å². The zero-order chi connectivity index (χ0) is 19.1. The van der Waals surface area contributed by atoms with Gasteiger partial charge in [-0.25, -0.2) is 4.39 Å². The minimum absolute atomic E-state index is 0.000290. The van der Waals surface area contributed by atoms with Crippen LogP contribution in [-0.2, 0) is 22.6 Å². The molecule has 0 saturated carbocycles. The number of fused-ring (bicyclic) bond motifs is 2. The van der Waals surface area contributed by atoms with E-state index in [9.17, 15) is 9.18 Å². The van der Waals surface area contributed by atoms with Crippen molar-refractivity contribution in [3.8, 4) is 11.5 Å². The second-order valence-corrected chi connectivity index (χ2v) is 7.45. The van der Waals surface area contributed by atoms with Gasteiger partial charge in [-0.15, -0.1) is 0 Å². The van der Waals surface area contributed by atoms with Crippen LogP contribution >= 0.6 is 0 Å². The summed E-state index contributed by atoms with van der Waals surface area (Å²) in [7, 11) is 0. The van der Waals surface area contributed by atoms with Crippen LogP contribution in [-0.4, -0.2) is 54.3 Å². The standard InChI is InChI=1S/C21H21FN2O4/c22-16-4-1-14(2-5-16)9-24-17-10-23(11-20(17)26-12-21(24)25)8-15-3-6-18-19(7-15)28-13-27-18/h1-7,17,20H,8-13H2. The number of likely N-dealkylation sites (tertiary alicyclic amines) is 1. The van der Waals surface area contributed by atoms with Crippen molar-refractivity contribution in [2.75, 3.05) is 26.5 Å². The molecule has 2 aromatic carbocycles. The summed E-state index contributed by atoms with van der Waals surface area (Å²) >= 11 is 0. The first-order valence-electron chi connectivity index (χ1n) is 9.42. The van der Waals surface area contributed by atoms with Crippen LogP contribution in [0.2, 0.25) is 0 Å². The van der Waals surface area contributed by atoms with Gasteiger partial charge in [-0.05, 0) is 35.4 Å². The van der Waals surface area contributed by atoms with E-state index >= 15 is 0 Å². The van der Waals surface area contributed by atoms with Gasteiger partial charge in [0.1, 0.15) is 12.4 Å². The van der Waals surface area contributed by atoms with Gasteiger partial charge in [0, 0.05) is 26.2 Å². The Morgan fingerprint density at radius 2 is 1.75 bits per heavy atom. The molecule has 2 aromatic rings. The van der Waals surface area contributed by atoms with E-state index < -0.39 is 0 Å². The number of hydrogen-bond acceptors (Lipinski definition) is 5. The van der Waals surface area contributed by atoms with Gasteiger partial charge >= 0.3 is 0 Å². The maximum atomic E-state index is 13.2. The maximum absolute atomic E-state index is 13.2. The molecule has 3 heterocycles. The fourth-order valence-corrected chi connectivity index (χ4v) is 4.16. The quantitative estimate of drug-likeness (QED) is 0.809. The summed E-state index contributed by atoms with van der Waals surface area (Å²) in [5.41, 5.74) is 2.06. The number of morpholine rings is 1. The van der Waals surface area contributed by atoms with Gasteiger partial charge in [-0.1, -0.05) is 18.2 Å². The van der Waals surface area contributed by atoms with Gasteiger partial charge in [0.15, 0.2) is 11.5 Å². The molecule has 7 heteroatoms. The molecule has 0 spiro atoms. The third kappa shape index (κ3) is 3.31. The van der Waals surface area contributed by atoms with Crippen LogP contribution in [0.5, 0.6) is 11.5 Å². The van der Waals surface area contributed by atoms with Gasteiger partial charge < -0.3 is 19.1 Å². The number of benzene rings is 2. The van der Waals surface area contributed by atoms with E-state index in [0.717, 1.165) is 42.3 Å². The van der Waals surface area contributed by atoms with Crippen molar-refractivity contribution in [1.82, 2.24) is 9.80 Å². The molecule has 2 atom stereocenters. The number of carbonyl (C=O) groups is 1. The zero-order valence-electron chi connectivity index (χ0n) is 15.3. The summed E-state index contributed by atoms with van der Waals surface area (Å²) in [6, 6.07) is 12.3. The van der Waals surface area contributed by atoms with Gasteiger partial charge in [0.05, 0.1) is 12.1 Å². The average molecular weight is 384 g/mol. The molecule has 0 bridgehead atoms. The third-order valence-corrected chi connectivity index (χ3v) is 5.56. The third-order valence-electron chi connectivity index (χ3n) is 5.56. The smallest absolute Gasteiger partial charge is 0.249 e. The lowest BCUT2D eigenvalue weighted by Crippen LogP contribution is -2.53. The Kier molecular flexibility index (Phi) is 4.41. The van der Waals surface area contributed by atoms with Gasteiger partial charge in [0.2, 0.25) is 12.7 Å². The number of ether oxygens (including phenoxy) is 3. The Bertz CT molecular complexity index is 888. The molecule has 2 unspecified atom stereocenters. The van der Waals surface area contributed by atoms with E-state index in [4.69, 9.17) is 14.2 Å². The van der Waals surface area contributed by atoms with Crippen molar-refractivity contribution >= 4 is 5.91 Å². The molecule has 0 radical (unpaired) electrons. The molecule has 3 aliphatic rings. The Balaban J connectivity index is 1.29. The number of rotatable bonds is 4. The van der Waals surface area contributed by atoms with E-state index in [1.165, 1.54) is 12.1 Å². The molecule has 0 N–H and O–H groups in total. The number of amides is 1.